The molecule has 0 unspecified atom stereocenters. The Balaban J connectivity index is 2.08. The van der Waals surface area contributed by atoms with Crippen LogP contribution in [0.1, 0.15) is 18.1 Å². The highest BCUT2D eigenvalue weighted by Crippen LogP contribution is 2.28. The summed E-state index contributed by atoms with van der Waals surface area (Å²) in [5.74, 6) is 0.264. The maximum absolute atomic E-state index is 13.8. The molecular weight excluding hydrogens is 357 g/mol. The summed E-state index contributed by atoms with van der Waals surface area (Å²) in [6.45, 7) is 3.76. The van der Waals surface area contributed by atoms with Crippen LogP contribution in [0.25, 0.3) is 0 Å². The summed E-state index contributed by atoms with van der Waals surface area (Å²) in [5.41, 5.74) is 1.54. The second-order valence-electron chi connectivity index (χ2n) is 4.57. The number of hydrogen-bond donors (Lipinski definition) is 1. The summed E-state index contributed by atoms with van der Waals surface area (Å²) in [6, 6.07) is 10.4. The zero-order valence-corrected chi connectivity index (χ0v) is 14.0. The average molecular weight is 373 g/mol. The fraction of sp³-hybridized carbons (Fsp3) is 0.250. The Morgan fingerprint density at radius 3 is 2.76 bits per heavy atom. The van der Waals surface area contributed by atoms with Gasteiger partial charge in [0.05, 0.1) is 5.02 Å². The molecule has 112 valence electrons. The second kappa shape index (κ2) is 7.78. The first-order chi connectivity index (χ1) is 10.1. The first-order valence-electron chi connectivity index (χ1n) is 6.66. The van der Waals surface area contributed by atoms with Crippen LogP contribution in [0, 0.1) is 5.82 Å². The van der Waals surface area contributed by atoms with Crippen molar-refractivity contribution in [2.24, 2.45) is 0 Å². The maximum atomic E-state index is 13.8. The van der Waals surface area contributed by atoms with Crippen LogP contribution in [0.2, 0.25) is 5.02 Å². The van der Waals surface area contributed by atoms with E-state index in [2.05, 4.69) is 21.2 Å². The Labute approximate surface area is 137 Å². The molecule has 0 radical (unpaired) electrons. The van der Waals surface area contributed by atoms with Crippen molar-refractivity contribution in [3.8, 4) is 5.75 Å². The number of hydrogen-bond acceptors (Lipinski definition) is 2. The highest BCUT2D eigenvalue weighted by molar-refractivity contribution is 9.10. The molecule has 2 rings (SSSR count). The van der Waals surface area contributed by atoms with Gasteiger partial charge >= 0.3 is 0 Å². The summed E-state index contributed by atoms with van der Waals surface area (Å²) in [6.07, 6.45) is 0. The highest BCUT2D eigenvalue weighted by Gasteiger charge is 2.07. The second-order valence-corrected chi connectivity index (χ2v) is 5.89. The first-order valence-corrected chi connectivity index (χ1v) is 7.83. The summed E-state index contributed by atoms with van der Waals surface area (Å²) < 4.78 is 20.3. The Kier molecular flexibility index (Phi) is 6.03. The van der Waals surface area contributed by atoms with Gasteiger partial charge in [0.1, 0.15) is 18.2 Å². The Morgan fingerprint density at radius 2 is 2.05 bits per heavy atom. The zero-order valence-electron chi connectivity index (χ0n) is 11.6. The van der Waals surface area contributed by atoms with E-state index in [0.717, 1.165) is 16.6 Å². The van der Waals surface area contributed by atoms with E-state index in [-0.39, 0.29) is 12.4 Å². The van der Waals surface area contributed by atoms with E-state index in [4.69, 9.17) is 16.3 Å². The molecule has 0 aliphatic carbocycles. The largest absolute Gasteiger partial charge is 0.487 e. The minimum Gasteiger partial charge on any atom is -0.487 e. The summed E-state index contributed by atoms with van der Waals surface area (Å²) in [7, 11) is 0. The SMILES string of the molecule is CCNCc1ccc(F)c(COc2ccc(Br)cc2Cl)c1. The van der Waals surface area contributed by atoms with Gasteiger partial charge in [-0.2, -0.15) is 0 Å². The van der Waals surface area contributed by atoms with Gasteiger partial charge in [0.2, 0.25) is 0 Å². The van der Waals surface area contributed by atoms with Crippen LogP contribution in [0.3, 0.4) is 0 Å². The van der Waals surface area contributed by atoms with Gasteiger partial charge in [-0.15, -0.1) is 0 Å². The number of halogens is 3. The third kappa shape index (κ3) is 4.70. The van der Waals surface area contributed by atoms with E-state index in [0.29, 0.717) is 22.9 Å². The van der Waals surface area contributed by atoms with Crippen molar-refractivity contribution in [1.82, 2.24) is 5.32 Å². The lowest BCUT2D eigenvalue weighted by Gasteiger charge is -2.11. The Morgan fingerprint density at radius 1 is 1.24 bits per heavy atom. The minimum atomic E-state index is -0.275. The van der Waals surface area contributed by atoms with E-state index < -0.39 is 0 Å². The minimum absolute atomic E-state index is 0.146. The van der Waals surface area contributed by atoms with Gasteiger partial charge in [-0.3, -0.25) is 0 Å². The summed E-state index contributed by atoms with van der Waals surface area (Å²) >= 11 is 9.41. The normalized spacial score (nSPS) is 10.7. The molecule has 0 aliphatic heterocycles. The van der Waals surface area contributed by atoms with Gasteiger partial charge in [0, 0.05) is 16.6 Å². The van der Waals surface area contributed by atoms with Crippen molar-refractivity contribution in [2.75, 3.05) is 6.54 Å². The molecule has 0 saturated heterocycles. The number of ether oxygens (including phenoxy) is 1. The fourth-order valence-corrected chi connectivity index (χ4v) is 2.59. The van der Waals surface area contributed by atoms with Gasteiger partial charge in [-0.05, 0) is 42.4 Å². The molecule has 0 heterocycles. The lowest BCUT2D eigenvalue weighted by molar-refractivity contribution is 0.300. The topological polar surface area (TPSA) is 21.3 Å². The molecule has 0 fully saturated rings. The molecule has 1 N–H and O–H groups in total. The van der Waals surface area contributed by atoms with Crippen LogP contribution in [0.5, 0.6) is 5.75 Å². The molecule has 5 heteroatoms. The van der Waals surface area contributed by atoms with Crippen molar-refractivity contribution in [1.29, 1.82) is 0 Å². The summed E-state index contributed by atoms with van der Waals surface area (Å²) in [4.78, 5) is 0. The number of nitrogens with one attached hydrogen (secondary N) is 1. The van der Waals surface area contributed by atoms with E-state index >= 15 is 0 Å². The standard InChI is InChI=1S/C16H16BrClFNO/c1-2-20-9-11-3-5-15(19)12(7-11)10-21-16-6-4-13(17)8-14(16)18/h3-8,20H,2,9-10H2,1H3. The zero-order chi connectivity index (χ0) is 15.2. The lowest BCUT2D eigenvalue weighted by atomic mass is 10.1. The summed E-state index contributed by atoms with van der Waals surface area (Å²) in [5, 5.41) is 3.70. The predicted octanol–water partition coefficient (Wildman–Crippen LogP) is 4.93. The number of rotatable bonds is 6. The van der Waals surface area contributed by atoms with Crippen molar-refractivity contribution in [3.63, 3.8) is 0 Å². The molecule has 0 amide bonds. The molecule has 0 saturated carbocycles. The van der Waals surface area contributed by atoms with Crippen molar-refractivity contribution >= 4 is 27.5 Å². The molecule has 2 aromatic carbocycles. The van der Waals surface area contributed by atoms with Gasteiger partial charge in [0.15, 0.2) is 0 Å². The highest BCUT2D eigenvalue weighted by atomic mass is 79.9. The molecule has 21 heavy (non-hydrogen) atoms. The van der Waals surface area contributed by atoms with Gasteiger partial charge in [0.25, 0.3) is 0 Å². The van der Waals surface area contributed by atoms with E-state index in [9.17, 15) is 4.39 Å². The van der Waals surface area contributed by atoms with Gasteiger partial charge in [-0.25, -0.2) is 4.39 Å². The molecule has 0 aliphatic rings. The van der Waals surface area contributed by atoms with Crippen molar-refractivity contribution < 1.29 is 9.13 Å². The van der Waals surface area contributed by atoms with Crippen LogP contribution in [-0.4, -0.2) is 6.54 Å². The molecule has 2 nitrogen and oxygen atoms in total. The van der Waals surface area contributed by atoms with Crippen molar-refractivity contribution in [3.05, 3.63) is 62.8 Å². The first kappa shape index (κ1) is 16.3. The van der Waals surface area contributed by atoms with E-state index in [1.807, 2.05) is 19.1 Å². The van der Waals surface area contributed by atoms with Gasteiger partial charge in [-0.1, -0.05) is 40.5 Å². The molecule has 0 atom stereocenters. The Bertz CT molecular complexity index is 621. The molecule has 0 bridgehead atoms. The van der Waals surface area contributed by atoms with E-state index in [1.54, 1.807) is 18.2 Å². The molecule has 0 spiro atoms. The molecular formula is C16H16BrClFNO. The predicted molar refractivity (Wildman–Crippen MR) is 87.3 cm³/mol. The van der Waals surface area contributed by atoms with Crippen LogP contribution in [0.15, 0.2) is 40.9 Å². The molecule has 0 aromatic heterocycles. The van der Waals surface area contributed by atoms with E-state index in [1.165, 1.54) is 6.07 Å². The quantitative estimate of drug-likeness (QED) is 0.776. The third-order valence-electron chi connectivity index (χ3n) is 2.97. The van der Waals surface area contributed by atoms with Crippen molar-refractivity contribution in [2.45, 2.75) is 20.1 Å². The Hall–Kier alpha value is -1.10. The van der Waals surface area contributed by atoms with Crippen LogP contribution in [0.4, 0.5) is 4.39 Å². The lowest BCUT2D eigenvalue weighted by Crippen LogP contribution is -2.12. The maximum Gasteiger partial charge on any atom is 0.138 e. The van der Waals surface area contributed by atoms with Crippen LogP contribution < -0.4 is 10.1 Å². The molecule has 2 aromatic rings. The third-order valence-corrected chi connectivity index (χ3v) is 3.75. The smallest absolute Gasteiger partial charge is 0.138 e. The fourth-order valence-electron chi connectivity index (χ4n) is 1.87. The van der Waals surface area contributed by atoms with Crippen LogP contribution >= 0.6 is 27.5 Å². The van der Waals surface area contributed by atoms with Crippen LogP contribution in [-0.2, 0) is 13.2 Å². The number of benzene rings is 2. The average Bonchev–Trinajstić information content (AvgIpc) is 2.46. The van der Waals surface area contributed by atoms with Gasteiger partial charge < -0.3 is 10.1 Å². The monoisotopic (exact) mass is 371 g/mol.